The van der Waals surface area contributed by atoms with Crippen molar-refractivity contribution in [1.82, 2.24) is 5.32 Å². The highest BCUT2D eigenvalue weighted by atomic mass is 35.5. The summed E-state index contributed by atoms with van der Waals surface area (Å²) in [5.41, 5.74) is 0.815. The van der Waals surface area contributed by atoms with Gasteiger partial charge in [0, 0.05) is 12.2 Å². The molecule has 1 aromatic carbocycles. The highest BCUT2D eigenvalue weighted by Crippen LogP contribution is 2.29. The Morgan fingerprint density at radius 3 is 2.83 bits per heavy atom. The van der Waals surface area contributed by atoms with Crippen LogP contribution in [-0.4, -0.2) is 25.0 Å². The quantitative estimate of drug-likeness (QED) is 0.923. The molecule has 1 fully saturated rings. The lowest BCUT2D eigenvalue weighted by atomic mass is 10.2. The molecular formula is C13H16Cl2N2O. The predicted molar refractivity (Wildman–Crippen MR) is 75.5 cm³/mol. The van der Waals surface area contributed by atoms with Crippen molar-refractivity contribution < 1.29 is 4.79 Å². The van der Waals surface area contributed by atoms with Gasteiger partial charge in [-0.1, -0.05) is 30.1 Å². The molecule has 3 nitrogen and oxygen atoms in total. The third-order valence-electron chi connectivity index (χ3n) is 3.06. The molecule has 0 saturated carbocycles. The van der Waals surface area contributed by atoms with E-state index in [1.54, 1.807) is 17.0 Å². The lowest BCUT2D eigenvalue weighted by molar-refractivity contribution is -0.118. The minimum atomic E-state index is -0.0700. The monoisotopic (exact) mass is 286 g/mol. The van der Waals surface area contributed by atoms with Crippen molar-refractivity contribution in [2.45, 2.75) is 25.8 Å². The van der Waals surface area contributed by atoms with Gasteiger partial charge in [-0.05, 0) is 37.6 Å². The summed E-state index contributed by atoms with van der Waals surface area (Å²) < 4.78 is 0. The number of anilines is 1. The van der Waals surface area contributed by atoms with Crippen LogP contribution in [0.2, 0.25) is 10.0 Å². The summed E-state index contributed by atoms with van der Waals surface area (Å²) in [4.78, 5) is 14.0. The molecular weight excluding hydrogens is 271 g/mol. The molecule has 0 aliphatic carbocycles. The van der Waals surface area contributed by atoms with E-state index in [0.717, 1.165) is 31.6 Å². The minimum absolute atomic E-state index is 0.0700. The van der Waals surface area contributed by atoms with Gasteiger partial charge in [0.15, 0.2) is 0 Å². The van der Waals surface area contributed by atoms with Gasteiger partial charge >= 0.3 is 0 Å². The van der Waals surface area contributed by atoms with Crippen LogP contribution in [0.3, 0.4) is 0 Å². The Kier molecular flexibility index (Phi) is 4.49. The van der Waals surface area contributed by atoms with Crippen LogP contribution in [0.25, 0.3) is 0 Å². The maximum Gasteiger partial charge on any atom is 0.244 e. The smallest absolute Gasteiger partial charge is 0.244 e. The van der Waals surface area contributed by atoms with Gasteiger partial charge in [-0.2, -0.15) is 0 Å². The van der Waals surface area contributed by atoms with Crippen LogP contribution in [0.1, 0.15) is 19.8 Å². The number of carbonyl (C=O) groups excluding carboxylic acids is 1. The first-order valence-electron chi connectivity index (χ1n) is 6.13. The topological polar surface area (TPSA) is 32.3 Å². The Bertz CT molecular complexity index is 451. The number of benzene rings is 1. The van der Waals surface area contributed by atoms with Crippen molar-refractivity contribution in [3.63, 3.8) is 0 Å². The van der Waals surface area contributed by atoms with Crippen molar-refractivity contribution in [2.75, 3.05) is 18.0 Å². The van der Waals surface area contributed by atoms with Gasteiger partial charge in [0.25, 0.3) is 0 Å². The van der Waals surface area contributed by atoms with Crippen LogP contribution in [0, 0.1) is 0 Å². The second kappa shape index (κ2) is 5.91. The van der Waals surface area contributed by atoms with Crippen molar-refractivity contribution >= 4 is 34.8 Å². The Hall–Kier alpha value is -0.770. The van der Waals surface area contributed by atoms with Crippen molar-refractivity contribution in [1.29, 1.82) is 0 Å². The van der Waals surface area contributed by atoms with Crippen molar-refractivity contribution in [3.8, 4) is 0 Å². The summed E-state index contributed by atoms with van der Waals surface area (Å²) in [5, 5.41) is 4.24. The van der Waals surface area contributed by atoms with Crippen LogP contribution >= 0.6 is 23.2 Å². The van der Waals surface area contributed by atoms with E-state index in [9.17, 15) is 4.79 Å². The summed E-state index contributed by atoms with van der Waals surface area (Å²) in [6.07, 6.45) is 1.86. The molecule has 1 atom stereocenters. The van der Waals surface area contributed by atoms with Crippen LogP contribution in [0.4, 0.5) is 5.69 Å². The maximum absolute atomic E-state index is 12.2. The zero-order valence-electron chi connectivity index (χ0n) is 10.2. The molecule has 98 valence electrons. The van der Waals surface area contributed by atoms with Crippen molar-refractivity contribution in [2.24, 2.45) is 0 Å². The number of hydrogen-bond acceptors (Lipinski definition) is 2. The molecule has 1 N–H and O–H groups in total. The third-order valence-corrected chi connectivity index (χ3v) is 3.80. The van der Waals surface area contributed by atoms with E-state index in [-0.39, 0.29) is 11.9 Å². The fourth-order valence-corrected chi connectivity index (χ4v) is 2.39. The van der Waals surface area contributed by atoms with Crippen molar-refractivity contribution in [3.05, 3.63) is 28.2 Å². The second-order valence-electron chi connectivity index (χ2n) is 4.38. The Balaban J connectivity index is 2.10. The van der Waals surface area contributed by atoms with E-state index in [4.69, 9.17) is 23.2 Å². The van der Waals surface area contributed by atoms with Gasteiger partial charge < -0.3 is 10.2 Å². The number of nitrogens with one attached hydrogen (secondary N) is 1. The van der Waals surface area contributed by atoms with E-state index >= 15 is 0 Å². The third kappa shape index (κ3) is 2.79. The SMILES string of the molecule is CCCNC1CCN(c2ccc(Cl)c(Cl)c2)C1=O. The predicted octanol–water partition coefficient (Wildman–Crippen LogP) is 3.10. The normalized spacial score (nSPS) is 19.6. The molecule has 0 radical (unpaired) electrons. The molecule has 1 aromatic rings. The molecule has 0 aromatic heterocycles. The lowest BCUT2D eigenvalue weighted by Crippen LogP contribution is -2.38. The largest absolute Gasteiger partial charge is 0.311 e. The van der Waals surface area contributed by atoms with Crippen LogP contribution in [0.15, 0.2) is 18.2 Å². The first-order chi connectivity index (χ1) is 8.63. The molecule has 18 heavy (non-hydrogen) atoms. The minimum Gasteiger partial charge on any atom is -0.311 e. The zero-order chi connectivity index (χ0) is 13.1. The highest BCUT2D eigenvalue weighted by molar-refractivity contribution is 6.42. The standard InChI is InChI=1S/C13H16Cl2N2O/c1-2-6-16-12-5-7-17(13(12)18)9-3-4-10(14)11(15)8-9/h3-4,8,12,16H,2,5-7H2,1H3. The molecule has 1 amide bonds. The van der Waals surface area contributed by atoms with E-state index in [1.165, 1.54) is 0 Å². The van der Waals surface area contributed by atoms with Gasteiger partial charge in [-0.25, -0.2) is 0 Å². The molecule has 1 aliphatic heterocycles. The number of hydrogen-bond donors (Lipinski definition) is 1. The Morgan fingerprint density at radius 2 is 2.17 bits per heavy atom. The zero-order valence-corrected chi connectivity index (χ0v) is 11.8. The van der Waals surface area contributed by atoms with Gasteiger partial charge in [0.1, 0.15) is 0 Å². The molecule has 0 bridgehead atoms. The molecule has 0 spiro atoms. The van der Waals surface area contributed by atoms with Gasteiger partial charge in [0.05, 0.1) is 16.1 Å². The fraction of sp³-hybridized carbons (Fsp3) is 0.462. The molecule has 1 unspecified atom stereocenters. The molecule has 5 heteroatoms. The molecule has 1 saturated heterocycles. The molecule has 2 rings (SSSR count). The first kappa shape index (κ1) is 13.7. The lowest BCUT2D eigenvalue weighted by Gasteiger charge is -2.17. The van der Waals surface area contributed by atoms with Crippen LogP contribution in [0.5, 0.6) is 0 Å². The summed E-state index contributed by atoms with van der Waals surface area (Å²) >= 11 is 11.8. The van der Waals surface area contributed by atoms with E-state index in [2.05, 4.69) is 12.2 Å². The van der Waals surface area contributed by atoms with E-state index in [0.29, 0.717) is 10.0 Å². The maximum atomic E-state index is 12.2. The Labute approximate surface area is 117 Å². The van der Waals surface area contributed by atoms with E-state index in [1.807, 2.05) is 6.07 Å². The van der Waals surface area contributed by atoms with Crippen LogP contribution in [-0.2, 0) is 4.79 Å². The summed E-state index contributed by atoms with van der Waals surface area (Å²) in [6, 6.07) is 5.22. The summed E-state index contributed by atoms with van der Waals surface area (Å²) in [6.45, 7) is 3.67. The van der Waals surface area contributed by atoms with E-state index < -0.39 is 0 Å². The number of nitrogens with zero attached hydrogens (tertiary/aromatic N) is 1. The molecule has 1 heterocycles. The highest BCUT2D eigenvalue weighted by Gasteiger charge is 2.31. The second-order valence-corrected chi connectivity index (χ2v) is 5.20. The molecule has 1 aliphatic rings. The summed E-state index contributed by atoms with van der Waals surface area (Å²) in [7, 11) is 0. The average molecular weight is 287 g/mol. The van der Waals surface area contributed by atoms with Gasteiger partial charge in [-0.3, -0.25) is 4.79 Å². The number of halogens is 2. The Morgan fingerprint density at radius 1 is 1.39 bits per heavy atom. The van der Waals surface area contributed by atoms with Crippen LogP contribution < -0.4 is 10.2 Å². The number of amides is 1. The average Bonchev–Trinajstić information content (AvgIpc) is 2.72. The first-order valence-corrected chi connectivity index (χ1v) is 6.89. The number of carbonyl (C=O) groups is 1. The number of rotatable bonds is 4. The fourth-order valence-electron chi connectivity index (χ4n) is 2.10. The summed E-state index contributed by atoms with van der Waals surface area (Å²) in [5.74, 6) is 0.113. The van der Waals surface area contributed by atoms with Gasteiger partial charge in [-0.15, -0.1) is 0 Å². The van der Waals surface area contributed by atoms with Gasteiger partial charge in [0.2, 0.25) is 5.91 Å².